The minimum atomic E-state index is -1.06. The van der Waals surface area contributed by atoms with Gasteiger partial charge in [-0.25, -0.2) is 22.8 Å². The molecule has 2 aromatic heterocycles. The molecule has 0 aliphatic carbocycles. The molecule has 0 bridgehead atoms. The molecule has 4 aromatic rings. The van der Waals surface area contributed by atoms with Gasteiger partial charge in [-0.05, 0) is 44.2 Å². The normalized spacial score (nSPS) is 17.1. The molecule has 2 saturated heterocycles. The Labute approximate surface area is 223 Å². The van der Waals surface area contributed by atoms with E-state index in [1.54, 1.807) is 10.9 Å². The van der Waals surface area contributed by atoms with Crippen LogP contribution in [-0.2, 0) is 4.74 Å². The summed E-state index contributed by atoms with van der Waals surface area (Å²) in [6.07, 6.45) is 3.00. The van der Waals surface area contributed by atoms with Gasteiger partial charge in [0, 0.05) is 69.1 Å². The Bertz CT molecular complexity index is 1440. The van der Waals surface area contributed by atoms with E-state index in [0.29, 0.717) is 42.3 Å². The predicted molar refractivity (Wildman–Crippen MR) is 143 cm³/mol. The summed E-state index contributed by atoms with van der Waals surface area (Å²) in [6.45, 7) is 5.19. The number of likely N-dealkylation sites (N-methyl/N-ethyl adjacent to an activating group) is 1. The van der Waals surface area contributed by atoms with E-state index in [9.17, 15) is 13.2 Å². The van der Waals surface area contributed by atoms with Gasteiger partial charge >= 0.3 is 0 Å². The molecule has 0 unspecified atom stereocenters. The van der Waals surface area contributed by atoms with Gasteiger partial charge in [0.1, 0.15) is 11.5 Å². The standard InChI is InChI=1S/C27H29F3N8O/c1-36-8-10-37(11-9-36)19-4-2-18(3-5-19)32-27-31-16-21-25(33-24-22(29)14-17(28)15-23(24)30)35-38(26(21)34-27)20-6-12-39-13-7-20/h2-5,14-16,20H,6-13H2,1H3,(H,33,35)(H,31,32,34). The lowest BCUT2D eigenvalue weighted by Crippen LogP contribution is -2.44. The second-order valence-electron chi connectivity index (χ2n) is 9.90. The van der Waals surface area contributed by atoms with Crippen molar-refractivity contribution in [3.63, 3.8) is 0 Å². The molecule has 39 heavy (non-hydrogen) atoms. The third-order valence-electron chi connectivity index (χ3n) is 7.23. The van der Waals surface area contributed by atoms with Crippen LogP contribution in [0.5, 0.6) is 0 Å². The lowest BCUT2D eigenvalue weighted by Gasteiger charge is -2.34. The molecule has 2 aliphatic rings. The molecule has 0 spiro atoms. The number of nitrogens with one attached hydrogen (secondary N) is 2. The van der Waals surface area contributed by atoms with Crippen molar-refractivity contribution in [3.05, 3.63) is 60.0 Å². The highest BCUT2D eigenvalue weighted by molar-refractivity contribution is 5.90. The van der Waals surface area contributed by atoms with E-state index in [1.165, 1.54) is 5.69 Å². The molecular weight excluding hydrogens is 509 g/mol. The Morgan fingerprint density at radius 2 is 1.62 bits per heavy atom. The van der Waals surface area contributed by atoms with Crippen LogP contribution in [0, 0.1) is 17.5 Å². The molecule has 2 aromatic carbocycles. The number of nitrogens with zero attached hydrogens (tertiary/aromatic N) is 6. The smallest absolute Gasteiger partial charge is 0.229 e. The molecular formula is C27H29F3N8O. The quantitative estimate of drug-likeness (QED) is 0.361. The number of halogens is 3. The monoisotopic (exact) mass is 538 g/mol. The van der Waals surface area contributed by atoms with Gasteiger partial charge in [-0.1, -0.05) is 0 Å². The fourth-order valence-corrected chi connectivity index (χ4v) is 4.99. The van der Waals surface area contributed by atoms with Crippen LogP contribution in [0.1, 0.15) is 18.9 Å². The van der Waals surface area contributed by atoms with Crippen LogP contribution in [-0.4, -0.2) is 71.1 Å². The number of piperazine rings is 1. The Balaban J connectivity index is 1.29. The van der Waals surface area contributed by atoms with Crippen molar-refractivity contribution in [2.75, 3.05) is 62.0 Å². The van der Waals surface area contributed by atoms with E-state index in [1.807, 2.05) is 12.1 Å². The first-order valence-corrected chi connectivity index (χ1v) is 13.0. The van der Waals surface area contributed by atoms with E-state index in [2.05, 4.69) is 49.7 Å². The molecule has 2 fully saturated rings. The van der Waals surface area contributed by atoms with E-state index < -0.39 is 23.1 Å². The molecule has 204 valence electrons. The van der Waals surface area contributed by atoms with Gasteiger partial charge in [0.15, 0.2) is 23.1 Å². The van der Waals surface area contributed by atoms with Gasteiger partial charge in [-0.3, -0.25) is 0 Å². The number of fused-ring (bicyclic) bond motifs is 1. The van der Waals surface area contributed by atoms with Gasteiger partial charge in [0.2, 0.25) is 5.95 Å². The first-order chi connectivity index (χ1) is 18.9. The molecule has 9 nitrogen and oxygen atoms in total. The van der Waals surface area contributed by atoms with Crippen molar-refractivity contribution in [2.24, 2.45) is 0 Å². The number of benzene rings is 2. The van der Waals surface area contributed by atoms with Crippen LogP contribution in [0.25, 0.3) is 11.0 Å². The van der Waals surface area contributed by atoms with Crippen LogP contribution in [0.3, 0.4) is 0 Å². The Morgan fingerprint density at radius 1 is 0.923 bits per heavy atom. The SMILES string of the molecule is CN1CCN(c2ccc(Nc3ncc4c(Nc5c(F)cc(F)cc5F)nn(C5CCOCC5)c4n3)cc2)CC1. The van der Waals surface area contributed by atoms with Crippen molar-refractivity contribution in [2.45, 2.75) is 18.9 Å². The largest absolute Gasteiger partial charge is 0.381 e. The summed E-state index contributed by atoms with van der Waals surface area (Å²) in [5, 5.41) is 11.0. The first kappa shape index (κ1) is 25.4. The average molecular weight is 539 g/mol. The summed E-state index contributed by atoms with van der Waals surface area (Å²) in [5.74, 6) is -2.55. The van der Waals surface area contributed by atoms with Crippen LogP contribution in [0.4, 0.5) is 42.0 Å². The van der Waals surface area contributed by atoms with Gasteiger partial charge in [-0.15, -0.1) is 0 Å². The zero-order chi connectivity index (χ0) is 26.9. The van der Waals surface area contributed by atoms with E-state index in [-0.39, 0.29) is 11.9 Å². The summed E-state index contributed by atoms with van der Waals surface area (Å²) < 4.78 is 49.5. The molecule has 4 heterocycles. The lowest BCUT2D eigenvalue weighted by molar-refractivity contribution is 0.0674. The number of hydrogen-bond acceptors (Lipinski definition) is 8. The highest BCUT2D eigenvalue weighted by atomic mass is 19.1. The lowest BCUT2D eigenvalue weighted by atomic mass is 10.1. The Hall–Kier alpha value is -3.90. The van der Waals surface area contributed by atoms with Crippen LogP contribution >= 0.6 is 0 Å². The minimum absolute atomic E-state index is 0.00895. The highest BCUT2D eigenvalue weighted by Crippen LogP contribution is 2.33. The average Bonchev–Trinajstić information content (AvgIpc) is 3.30. The summed E-state index contributed by atoms with van der Waals surface area (Å²) in [5.41, 5.74) is 2.02. The fourth-order valence-electron chi connectivity index (χ4n) is 4.99. The zero-order valence-corrected chi connectivity index (χ0v) is 21.5. The third-order valence-corrected chi connectivity index (χ3v) is 7.23. The molecule has 0 atom stereocenters. The molecule has 0 radical (unpaired) electrons. The van der Waals surface area contributed by atoms with Crippen molar-refractivity contribution in [1.29, 1.82) is 0 Å². The van der Waals surface area contributed by atoms with Crippen molar-refractivity contribution in [1.82, 2.24) is 24.6 Å². The number of hydrogen-bond donors (Lipinski definition) is 2. The van der Waals surface area contributed by atoms with E-state index in [0.717, 1.165) is 44.7 Å². The molecule has 6 rings (SSSR count). The van der Waals surface area contributed by atoms with E-state index >= 15 is 0 Å². The maximum Gasteiger partial charge on any atom is 0.229 e. The third kappa shape index (κ3) is 5.34. The molecule has 12 heteroatoms. The second kappa shape index (κ2) is 10.7. The van der Waals surface area contributed by atoms with Gasteiger partial charge in [0.05, 0.1) is 11.4 Å². The maximum atomic E-state index is 14.4. The van der Waals surface area contributed by atoms with E-state index in [4.69, 9.17) is 9.72 Å². The number of rotatable bonds is 6. The topological polar surface area (TPSA) is 83.4 Å². The molecule has 2 aliphatic heterocycles. The van der Waals surface area contributed by atoms with Crippen molar-refractivity contribution < 1.29 is 17.9 Å². The summed E-state index contributed by atoms with van der Waals surface area (Å²) in [6, 6.07) is 9.37. The van der Waals surface area contributed by atoms with Crippen LogP contribution in [0.2, 0.25) is 0 Å². The van der Waals surface area contributed by atoms with Gasteiger partial charge in [0.25, 0.3) is 0 Å². The number of ether oxygens (including phenoxy) is 1. The fraction of sp³-hybridized carbons (Fsp3) is 0.370. The van der Waals surface area contributed by atoms with Crippen molar-refractivity contribution >= 4 is 39.9 Å². The maximum absolute atomic E-state index is 14.4. The molecule has 0 amide bonds. The van der Waals surface area contributed by atoms with Crippen LogP contribution < -0.4 is 15.5 Å². The van der Waals surface area contributed by atoms with Crippen molar-refractivity contribution in [3.8, 4) is 0 Å². The number of anilines is 5. The summed E-state index contributed by atoms with van der Waals surface area (Å²) >= 11 is 0. The number of aromatic nitrogens is 4. The highest BCUT2D eigenvalue weighted by Gasteiger charge is 2.24. The summed E-state index contributed by atoms with van der Waals surface area (Å²) in [4.78, 5) is 13.8. The Kier molecular flexibility index (Phi) is 6.96. The minimum Gasteiger partial charge on any atom is -0.381 e. The second-order valence-corrected chi connectivity index (χ2v) is 9.90. The van der Waals surface area contributed by atoms with Gasteiger partial charge in [-0.2, -0.15) is 10.1 Å². The zero-order valence-electron chi connectivity index (χ0n) is 21.5. The Morgan fingerprint density at radius 3 is 2.31 bits per heavy atom. The molecule has 0 saturated carbocycles. The first-order valence-electron chi connectivity index (χ1n) is 13.0. The van der Waals surface area contributed by atoms with Gasteiger partial charge < -0.3 is 25.2 Å². The predicted octanol–water partition coefficient (Wildman–Crippen LogP) is 4.83. The van der Waals surface area contributed by atoms with Crippen LogP contribution in [0.15, 0.2) is 42.6 Å². The summed E-state index contributed by atoms with van der Waals surface area (Å²) in [7, 11) is 2.13. The molecule has 2 N–H and O–H groups in total.